The van der Waals surface area contributed by atoms with Crippen LogP contribution in [-0.2, 0) is 10.0 Å². The van der Waals surface area contributed by atoms with Gasteiger partial charge in [0.25, 0.3) is 5.91 Å². The largest absolute Gasteiger partial charge is 0.351 e. The zero-order valence-corrected chi connectivity index (χ0v) is 14.9. The number of halogens is 2. The monoisotopic (exact) mass is 365 g/mol. The van der Waals surface area contributed by atoms with Crippen molar-refractivity contribution in [3.63, 3.8) is 0 Å². The highest BCUT2D eigenvalue weighted by Crippen LogP contribution is 2.18. The molecule has 9 heteroatoms. The van der Waals surface area contributed by atoms with Gasteiger partial charge >= 0.3 is 0 Å². The summed E-state index contributed by atoms with van der Waals surface area (Å²) in [5.74, 6) is -1.39. The number of hydrogen-bond acceptors (Lipinski definition) is 4. The van der Waals surface area contributed by atoms with Gasteiger partial charge in [0.1, 0.15) is 5.82 Å². The van der Waals surface area contributed by atoms with Crippen molar-refractivity contribution in [3.05, 3.63) is 34.6 Å². The molecule has 130 valence electrons. The van der Waals surface area contributed by atoms with Crippen LogP contribution in [0.4, 0.5) is 4.39 Å². The number of amides is 1. The third-order valence-electron chi connectivity index (χ3n) is 3.10. The summed E-state index contributed by atoms with van der Waals surface area (Å²) in [6, 6.07) is 3.96. The van der Waals surface area contributed by atoms with Crippen molar-refractivity contribution in [3.8, 4) is 0 Å². The summed E-state index contributed by atoms with van der Waals surface area (Å²) in [6.45, 7) is 1.02. The third kappa shape index (κ3) is 6.42. The lowest BCUT2D eigenvalue weighted by atomic mass is 10.2. The number of nitrogens with zero attached hydrogens (tertiary/aromatic N) is 2. The normalized spacial score (nSPS) is 12.0. The number of nitrogens with one attached hydrogen (secondary N) is 1. The SMILES string of the molecule is CN(C)CCN(CCNC(=O)c1c(F)cccc1Cl)S(C)(=O)=O. The van der Waals surface area contributed by atoms with E-state index in [0.29, 0.717) is 13.1 Å². The van der Waals surface area contributed by atoms with Crippen molar-refractivity contribution in [2.45, 2.75) is 0 Å². The van der Waals surface area contributed by atoms with Gasteiger partial charge in [0.2, 0.25) is 10.0 Å². The van der Waals surface area contributed by atoms with Crippen LogP contribution in [-0.4, -0.2) is 70.1 Å². The summed E-state index contributed by atoms with van der Waals surface area (Å²) in [6.07, 6.45) is 1.11. The van der Waals surface area contributed by atoms with Gasteiger partial charge in [-0.1, -0.05) is 17.7 Å². The molecule has 0 aromatic heterocycles. The van der Waals surface area contributed by atoms with Crippen molar-refractivity contribution in [2.24, 2.45) is 0 Å². The Morgan fingerprint density at radius 3 is 2.43 bits per heavy atom. The number of rotatable bonds is 8. The zero-order chi connectivity index (χ0) is 17.6. The molecule has 0 radical (unpaired) electrons. The molecule has 0 atom stereocenters. The van der Waals surface area contributed by atoms with Crippen molar-refractivity contribution >= 4 is 27.5 Å². The van der Waals surface area contributed by atoms with Crippen LogP contribution in [0.15, 0.2) is 18.2 Å². The average molecular weight is 366 g/mol. The second-order valence-corrected chi connectivity index (χ2v) is 7.71. The molecular weight excluding hydrogens is 345 g/mol. The van der Waals surface area contributed by atoms with Crippen LogP contribution in [0.2, 0.25) is 5.02 Å². The number of benzene rings is 1. The summed E-state index contributed by atoms with van der Waals surface area (Å²) in [5.41, 5.74) is -0.242. The van der Waals surface area contributed by atoms with E-state index in [1.165, 1.54) is 16.4 Å². The molecule has 23 heavy (non-hydrogen) atoms. The molecule has 0 heterocycles. The average Bonchev–Trinajstić information content (AvgIpc) is 2.40. The molecule has 0 aliphatic rings. The van der Waals surface area contributed by atoms with Gasteiger partial charge in [0.15, 0.2) is 0 Å². The van der Waals surface area contributed by atoms with Gasteiger partial charge in [-0.3, -0.25) is 4.79 Å². The van der Waals surface area contributed by atoms with E-state index in [9.17, 15) is 17.6 Å². The molecule has 0 unspecified atom stereocenters. The molecule has 0 bridgehead atoms. The van der Waals surface area contributed by atoms with E-state index in [0.717, 1.165) is 12.3 Å². The van der Waals surface area contributed by atoms with E-state index in [-0.39, 0.29) is 23.7 Å². The maximum absolute atomic E-state index is 13.6. The Morgan fingerprint density at radius 1 is 1.26 bits per heavy atom. The van der Waals surface area contributed by atoms with Crippen LogP contribution < -0.4 is 5.32 Å². The first-order valence-corrected chi connectivity index (χ1v) is 9.17. The van der Waals surface area contributed by atoms with E-state index < -0.39 is 21.7 Å². The lowest BCUT2D eigenvalue weighted by Crippen LogP contribution is -2.41. The Kier molecular flexibility index (Phi) is 7.40. The maximum atomic E-state index is 13.6. The molecule has 0 saturated heterocycles. The summed E-state index contributed by atoms with van der Waals surface area (Å²) in [4.78, 5) is 13.8. The van der Waals surface area contributed by atoms with Gasteiger partial charge in [-0.05, 0) is 26.2 Å². The minimum absolute atomic E-state index is 0.00933. The highest BCUT2D eigenvalue weighted by molar-refractivity contribution is 7.88. The molecule has 1 N–H and O–H groups in total. The van der Waals surface area contributed by atoms with Crippen LogP contribution in [0.1, 0.15) is 10.4 Å². The van der Waals surface area contributed by atoms with Gasteiger partial charge < -0.3 is 10.2 Å². The predicted molar refractivity (Wildman–Crippen MR) is 88.7 cm³/mol. The Morgan fingerprint density at radius 2 is 1.91 bits per heavy atom. The first-order chi connectivity index (χ1) is 10.6. The molecule has 6 nitrogen and oxygen atoms in total. The second kappa shape index (κ2) is 8.58. The highest BCUT2D eigenvalue weighted by atomic mass is 35.5. The van der Waals surface area contributed by atoms with Gasteiger partial charge in [0, 0.05) is 26.2 Å². The fraction of sp³-hybridized carbons (Fsp3) is 0.500. The molecule has 1 rings (SSSR count). The number of likely N-dealkylation sites (N-methyl/N-ethyl adjacent to an activating group) is 1. The Hall–Kier alpha value is -1.22. The summed E-state index contributed by atoms with van der Waals surface area (Å²) >= 11 is 5.81. The van der Waals surface area contributed by atoms with Crippen molar-refractivity contribution < 1.29 is 17.6 Å². The molecule has 1 aromatic carbocycles. The molecule has 0 spiro atoms. The van der Waals surface area contributed by atoms with Crippen LogP contribution in [0, 0.1) is 5.82 Å². The Bertz CT molecular complexity index is 632. The van der Waals surface area contributed by atoms with E-state index in [1.807, 2.05) is 19.0 Å². The molecule has 0 aliphatic heterocycles. The van der Waals surface area contributed by atoms with Gasteiger partial charge in [-0.25, -0.2) is 12.8 Å². The summed E-state index contributed by atoms with van der Waals surface area (Å²) in [7, 11) is 0.287. The minimum Gasteiger partial charge on any atom is -0.351 e. The number of sulfonamides is 1. The van der Waals surface area contributed by atoms with Gasteiger partial charge in [0.05, 0.1) is 16.8 Å². The van der Waals surface area contributed by atoms with Gasteiger partial charge in [-0.15, -0.1) is 0 Å². The first kappa shape index (κ1) is 19.8. The first-order valence-electron chi connectivity index (χ1n) is 6.95. The van der Waals surface area contributed by atoms with E-state index in [4.69, 9.17) is 11.6 Å². The van der Waals surface area contributed by atoms with Gasteiger partial charge in [-0.2, -0.15) is 4.31 Å². The quantitative estimate of drug-likeness (QED) is 0.747. The smallest absolute Gasteiger partial charge is 0.255 e. The lowest BCUT2D eigenvalue weighted by Gasteiger charge is -2.22. The second-order valence-electron chi connectivity index (χ2n) is 5.32. The molecule has 0 saturated carbocycles. The topological polar surface area (TPSA) is 69.7 Å². The minimum atomic E-state index is -3.38. The van der Waals surface area contributed by atoms with Crippen LogP contribution in [0.25, 0.3) is 0 Å². The standard InChI is InChI=1S/C14H21ClFN3O3S/c1-18(2)9-10-19(23(3,21)22)8-7-17-14(20)13-11(15)5-4-6-12(13)16/h4-6H,7-10H2,1-3H3,(H,17,20). The molecule has 1 aromatic rings. The Labute approximate surface area is 141 Å². The fourth-order valence-electron chi connectivity index (χ4n) is 1.85. The molecule has 0 fully saturated rings. The predicted octanol–water partition coefficient (Wildman–Crippen LogP) is 1.03. The molecular formula is C14H21ClFN3O3S. The van der Waals surface area contributed by atoms with E-state index in [2.05, 4.69) is 5.32 Å². The number of carbonyl (C=O) groups excluding carboxylic acids is 1. The maximum Gasteiger partial charge on any atom is 0.255 e. The summed E-state index contributed by atoms with van der Waals surface area (Å²) < 4.78 is 38.3. The number of hydrogen-bond donors (Lipinski definition) is 1. The number of carbonyl (C=O) groups is 1. The third-order valence-corrected chi connectivity index (χ3v) is 4.72. The fourth-order valence-corrected chi connectivity index (χ4v) is 2.94. The van der Waals surface area contributed by atoms with E-state index in [1.54, 1.807) is 0 Å². The molecule has 0 aliphatic carbocycles. The molecule has 1 amide bonds. The summed E-state index contributed by atoms with van der Waals surface area (Å²) in [5, 5.41) is 2.50. The van der Waals surface area contributed by atoms with Crippen molar-refractivity contribution in [2.75, 3.05) is 46.5 Å². The zero-order valence-electron chi connectivity index (χ0n) is 13.3. The highest BCUT2D eigenvalue weighted by Gasteiger charge is 2.18. The van der Waals surface area contributed by atoms with Crippen LogP contribution in [0.5, 0.6) is 0 Å². The van der Waals surface area contributed by atoms with E-state index >= 15 is 0 Å². The van der Waals surface area contributed by atoms with Crippen molar-refractivity contribution in [1.29, 1.82) is 0 Å². The van der Waals surface area contributed by atoms with Crippen LogP contribution >= 0.6 is 11.6 Å². The van der Waals surface area contributed by atoms with Crippen LogP contribution in [0.3, 0.4) is 0 Å². The lowest BCUT2D eigenvalue weighted by molar-refractivity contribution is 0.0947. The van der Waals surface area contributed by atoms with Crippen molar-refractivity contribution in [1.82, 2.24) is 14.5 Å². The Balaban J connectivity index is 2.64.